The van der Waals surface area contributed by atoms with Crippen molar-refractivity contribution in [2.75, 3.05) is 16.6 Å². The Labute approximate surface area is 225 Å². The topological polar surface area (TPSA) is 125 Å². The summed E-state index contributed by atoms with van der Waals surface area (Å²) < 4.78 is 106. The molecule has 2 aliphatic rings. The van der Waals surface area contributed by atoms with E-state index in [1.54, 1.807) is 20.8 Å². The second-order valence-corrected chi connectivity index (χ2v) is 14.9. The van der Waals surface area contributed by atoms with E-state index in [2.05, 4.69) is 5.10 Å². The molecule has 0 spiro atoms. The number of esters is 1. The summed E-state index contributed by atoms with van der Waals surface area (Å²) in [6.45, 7) is 2.71. The number of carbonyl (C=O) groups excluding carboxylic acids is 1. The maximum atomic E-state index is 15.3. The lowest BCUT2D eigenvalue weighted by Gasteiger charge is -2.36. The summed E-state index contributed by atoms with van der Waals surface area (Å²) in [6, 6.07) is 2.26. The van der Waals surface area contributed by atoms with E-state index >= 15 is 4.39 Å². The van der Waals surface area contributed by atoms with E-state index < -0.39 is 72.3 Å². The zero-order chi connectivity index (χ0) is 28.9. The molecule has 15 heteroatoms. The van der Waals surface area contributed by atoms with Crippen LogP contribution >= 0.6 is 0 Å². The molecule has 1 saturated carbocycles. The molecular weight excluding hydrogens is 563 g/mol. The first-order valence-corrected chi connectivity index (χ1v) is 15.4. The van der Waals surface area contributed by atoms with Gasteiger partial charge in [0, 0.05) is 0 Å². The van der Waals surface area contributed by atoms with Crippen LogP contribution in [0.4, 0.5) is 18.9 Å². The van der Waals surface area contributed by atoms with Gasteiger partial charge in [-0.05, 0) is 64.7 Å². The third-order valence-corrected chi connectivity index (χ3v) is 10.3. The van der Waals surface area contributed by atoms with Gasteiger partial charge in [0.25, 0.3) is 10.0 Å². The summed E-state index contributed by atoms with van der Waals surface area (Å²) in [7, 11) is -8.01. The fourth-order valence-corrected chi connectivity index (χ4v) is 7.70. The van der Waals surface area contributed by atoms with Gasteiger partial charge in [0.1, 0.15) is 16.6 Å². The summed E-state index contributed by atoms with van der Waals surface area (Å²) in [6.07, 6.45) is 0.258. The van der Waals surface area contributed by atoms with Crippen LogP contribution in [0, 0.1) is 12.7 Å². The number of benzene rings is 1. The van der Waals surface area contributed by atoms with Gasteiger partial charge in [-0.15, -0.1) is 0 Å². The Hall–Kier alpha value is -2.81. The Morgan fingerprint density at radius 3 is 2.44 bits per heavy atom. The standard InChI is InChI=1S/C24H30F3N3O7S2/c1-14-20(13-29(28-14)23(26)27)39(34,35)30-12-16(7-8-38(32,33)17-5-6-17)36-22-18(25)9-15(10-19(22)30)11-21(31)37-24(2,3)4/h9-10,13,16-17,23H,5-8,11-12H2,1-4H3/t16-/m0/s1. The van der Waals surface area contributed by atoms with Gasteiger partial charge in [0.15, 0.2) is 21.4 Å². The molecule has 0 amide bonds. The van der Waals surface area contributed by atoms with Crippen molar-refractivity contribution in [1.82, 2.24) is 9.78 Å². The van der Waals surface area contributed by atoms with Crippen molar-refractivity contribution in [3.05, 3.63) is 35.4 Å². The Kier molecular flexibility index (Phi) is 7.71. The van der Waals surface area contributed by atoms with E-state index in [4.69, 9.17) is 9.47 Å². The van der Waals surface area contributed by atoms with E-state index in [0.717, 1.165) is 10.4 Å². The number of ether oxygens (including phenoxy) is 2. The van der Waals surface area contributed by atoms with Gasteiger partial charge in [-0.25, -0.2) is 25.9 Å². The van der Waals surface area contributed by atoms with Crippen LogP contribution in [0.15, 0.2) is 23.2 Å². The minimum atomic E-state index is -4.60. The maximum absolute atomic E-state index is 15.3. The lowest BCUT2D eigenvalue weighted by molar-refractivity contribution is -0.153. The van der Waals surface area contributed by atoms with Crippen LogP contribution in [0.25, 0.3) is 0 Å². The number of fused-ring (bicyclic) bond motifs is 1. The summed E-state index contributed by atoms with van der Waals surface area (Å²) in [4.78, 5) is 11.8. The first-order chi connectivity index (χ1) is 18.0. The monoisotopic (exact) mass is 593 g/mol. The maximum Gasteiger partial charge on any atom is 0.333 e. The number of carbonyl (C=O) groups is 1. The zero-order valence-corrected chi connectivity index (χ0v) is 23.5. The van der Waals surface area contributed by atoms with Gasteiger partial charge < -0.3 is 9.47 Å². The molecule has 0 saturated heterocycles. The third kappa shape index (κ3) is 6.51. The van der Waals surface area contributed by atoms with Gasteiger partial charge in [0.2, 0.25) is 0 Å². The lowest BCUT2D eigenvalue weighted by atomic mass is 10.1. The number of nitrogens with zero attached hydrogens (tertiary/aromatic N) is 3. The first-order valence-electron chi connectivity index (χ1n) is 12.3. The Balaban J connectivity index is 1.73. The van der Waals surface area contributed by atoms with Gasteiger partial charge in [-0.3, -0.25) is 9.10 Å². The predicted molar refractivity (Wildman–Crippen MR) is 135 cm³/mol. The van der Waals surface area contributed by atoms with Gasteiger partial charge >= 0.3 is 12.5 Å². The van der Waals surface area contributed by atoms with Gasteiger partial charge in [-0.2, -0.15) is 13.9 Å². The molecule has 1 aliphatic carbocycles. The quantitative estimate of drug-likeness (QED) is 0.405. The molecule has 216 valence electrons. The van der Waals surface area contributed by atoms with Crippen LogP contribution in [0.5, 0.6) is 5.75 Å². The molecule has 0 bridgehead atoms. The highest BCUT2D eigenvalue weighted by Crippen LogP contribution is 2.41. The number of hydrogen-bond acceptors (Lipinski definition) is 8. The minimum Gasteiger partial charge on any atom is -0.483 e. The van der Waals surface area contributed by atoms with Gasteiger partial charge in [0.05, 0.1) is 41.5 Å². The highest BCUT2D eigenvalue weighted by atomic mass is 32.2. The van der Waals surface area contributed by atoms with Crippen molar-refractivity contribution >= 4 is 31.5 Å². The summed E-state index contributed by atoms with van der Waals surface area (Å²) in [5.41, 5.74) is -1.17. The fourth-order valence-electron chi connectivity index (χ4n) is 4.27. The molecule has 1 atom stereocenters. The second kappa shape index (κ2) is 10.3. The Bertz CT molecular complexity index is 1480. The number of rotatable bonds is 9. The second-order valence-electron chi connectivity index (χ2n) is 10.7. The van der Waals surface area contributed by atoms with E-state index in [-0.39, 0.29) is 40.2 Å². The average molecular weight is 594 g/mol. The highest BCUT2D eigenvalue weighted by Gasteiger charge is 2.40. The largest absolute Gasteiger partial charge is 0.483 e. The lowest BCUT2D eigenvalue weighted by Crippen LogP contribution is -2.44. The fraction of sp³-hybridized carbons (Fsp3) is 0.583. The first kappa shape index (κ1) is 29.2. The number of aromatic nitrogens is 2. The van der Waals surface area contributed by atoms with Crippen LogP contribution in [0.3, 0.4) is 0 Å². The minimum absolute atomic E-state index is 0.0964. The third-order valence-electron chi connectivity index (χ3n) is 6.17. The molecule has 2 heterocycles. The molecule has 1 aliphatic heterocycles. The van der Waals surface area contributed by atoms with Gasteiger partial charge in [-0.1, -0.05) is 0 Å². The summed E-state index contributed by atoms with van der Waals surface area (Å²) in [5, 5.41) is 3.12. The number of halogens is 3. The average Bonchev–Trinajstić information content (AvgIpc) is 3.58. The number of hydrogen-bond donors (Lipinski definition) is 0. The molecule has 1 aromatic carbocycles. The molecular formula is C24H30F3N3O7S2. The summed E-state index contributed by atoms with van der Waals surface area (Å²) in [5.74, 6) is -2.39. The summed E-state index contributed by atoms with van der Waals surface area (Å²) >= 11 is 0. The molecule has 0 unspecified atom stereocenters. The van der Waals surface area contributed by atoms with Crippen LogP contribution < -0.4 is 9.04 Å². The SMILES string of the molecule is Cc1nn(C(F)F)cc1S(=O)(=O)N1C[C@H](CCS(=O)(=O)C2CC2)Oc2c(F)cc(CC(=O)OC(C)(C)C)cc21. The smallest absolute Gasteiger partial charge is 0.333 e. The highest BCUT2D eigenvalue weighted by molar-refractivity contribution is 7.93. The van der Waals surface area contributed by atoms with Crippen LogP contribution in [0.2, 0.25) is 0 Å². The van der Waals surface area contributed by atoms with Crippen molar-refractivity contribution in [1.29, 1.82) is 0 Å². The van der Waals surface area contributed by atoms with Crippen LogP contribution in [-0.4, -0.2) is 61.8 Å². The number of aryl methyl sites for hydroxylation is 1. The van der Waals surface area contributed by atoms with Crippen LogP contribution in [-0.2, 0) is 35.8 Å². The van der Waals surface area contributed by atoms with E-state index in [1.807, 2.05) is 0 Å². The Morgan fingerprint density at radius 1 is 1.21 bits per heavy atom. The van der Waals surface area contributed by atoms with E-state index in [9.17, 15) is 30.4 Å². The molecule has 1 aromatic heterocycles. The number of alkyl halides is 2. The molecule has 2 aromatic rings. The van der Waals surface area contributed by atoms with Crippen molar-refractivity contribution < 1.29 is 44.3 Å². The predicted octanol–water partition coefficient (Wildman–Crippen LogP) is 3.53. The molecule has 0 radical (unpaired) electrons. The normalized spacial score (nSPS) is 18.2. The number of anilines is 1. The molecule has 1 fully saturated rings. The van der Waals surface area contributed by atoms with Crippen LogP contribution in [0.1, 0.15) is 57.8 Å². The Morgan fingerprint density at radius 2 is 1.87 bits per heavy atom. The molecule has 10 nitrogen and oxygen atoms in total. The van der Waals surface area contributed by atoms with Crippen molar-refractivity contribution in [3.63, 3.8) is 0 Å². The van der Waals surface area contributed by atoms with Crippen molar-refractivity contribution in [3.8, 4) is 5.75 Å². The van der Waals surface area contributed by atoms with E-state index in [1.165, 1.54) is 13.0 Å². The zero-order valence-electron chi connectivity index (χ0n) is 21.9. The van der Waals surface area contributed by atoms with Crippen molar-refractivity contribution in [2.24, 2.45) is 0 Å². The molecule has 4 rings (SSSR count). The van der Waals surface area contributed by atoms with E-state index in [0.29, 0.717) is 19.0 Å². The molecule has 39 heavy (non-hydrogen) atoms. The van der Waals surface area contributed by atoms with Crippen molar-refractivity contribution in [2.45, 2.75) is 81.8 Å². The molecule has 0 N–H and O–H groups in total. The number of sulfonamides is 1. The number of sulfone groups is 1.